The minimum atomic E-state index is -0.357. The van der Waals surface area contributed by atoms with Crippen LogP contribution in [0.3, 0.4) is 0 Å². The fourth-order valence-electron chi connectivity index (χ4n) is 4.34. The van der Waals surface area contributed by atoms with Gasteiger partial charge in [0.2, 0.25) is 5.91 Å². The van der Waals surface area contributed by atoms with Crippen molar-refractivity contribution in [1.82, 2.24) is 9.80 Å². The molecule has 2 unspecified atom stereocenters. The predicted octanol–water partition coefficient (Wildman–Crippen LogP) is 5.37. The second-order valence-electron chi connectivity index (χ2n) is 8.30. The highest BCUT2D eigenvalue weighted by atomic mass is 35.5. The number of carbonyl (C=O) groups is 2. The average molecular weight is 491 g/mol. The second kappa shape index (κ2) is 12.4. The van der Waals surface area contributed by atoms with Gasteiger partial charge in [-0.15, -0.1) is 0 Å². The molecule has 1 heterocycles. The molecule has 0 bridgehead atoms. The number of halogens is 2. The lowest BCUT2D eigenvalue weighted by molar-refractivity contribution is -0.146. The van der Waals surface area contributed by atoms with Crippen LogP contribution in [0.5, 0.6) is 0 Å². The van der Waals surface area contributed by atoms with Crippen molar-refractivity contribution in [3.8, 4) is 0 Å². The van der Waals surface area contributed by atoms with Gasteiger partial charge in [0.05, 0.1) is 11.8 Å². The number of hydrogen-bond donors (Lipinski definition) is 0. The summed E-state index contributed by atoms with van der Waals surface area (Å²) in [7, 11) is 0. The number of rotatable bonds is 9. The lowest BCUT2D eigenvalue weighted by Crippen LogP contribution is -2.50. The van der Waals surface area contributed by atoms with E-state index in [1.54, 1.807) is 6.07 Å². The van der Waals surface area contributed by atoms with Crippen LogP contribution in [-0.4, -0.2) is 61.0 Å². The van der Waals surface area contributed by atoms with Crippen LogP contribution in [0.25, 0.3) is 0 Å². The molecule has 0 radical (unpaired) electrons. The smallest absolute Gasteiger partial charge is 0.313 e. The molecule has 1 fully saturated rings. The van der Waals surface area contributed by atoms with E-state index in [0.29, 0.717) is 49.1 Å². The van der Waals surface area contributed by atoms with Crippen molar-refractivity contribution in [3.05, 3.63) is 69.7 Å². The summed E-state index contributed by atoms with van der Waals surface area (Å²) in [6, 6.07) is 15.0. The summed E-state index contributed by atoms with van der Waals surface area (Å²) in [5.41, 5.74) is 1.70. The normalized spacial score (nSPS) is 16.3. The van der Waals surface area contributed by atoms with E-state index < -0.39 is 0 Å². The Bertz CT molecular complexity index is 942. The maximum atomic E-state index is 13.1. The van der Waals surface area contributed by atoms with E-state index >= 15 is 0 Å². The van der Waals surface area contributed by atoms with Gasteiger partial charge in [0.15, 0.2) is 0 Å². The highest BCUT2D eigenvalue weighted by Gasteiger charge is 2.29. The van der Waals surface area contributed by atoms with Crippen LogP contribution in [0, 0.1) is 0 Å². The fraction of sp³-hybridized carbons (Fsp3) is 0.462. The Kier molecular flexibility index (Phi) is 9.60. The third-order valence-corrected chi connectivity index (χ3v) is 6.98. The van der Waals surface area contributed by atoms with Crippen molar-refractivity contribution in [2.24, 2.45) is 0 Å². The van der Waals surface area contributed by atoms with Crippen LogP contribution in [0.2, 0.25) is 10.0 Å². The van der Waals surface area contributed by atoms with E-state index in [-0.39, 0.29) is 23.7 Å². The number of hydrogen-bond acceptors (Lipinski definition) is 4. The summed E-state index contributed by atoms with van der Waals surface area (Å²) >= 11 is 12.6. The van der Waals surface area contributed by atoms with Crippen LogP contribution < -0.4 is 0 Å². The van der Waals surface area contributed by atoms with Gasteiger partial charge in [0.25, 0.3) is 0 Å². The molecule has 1 aliphatic rings. The molecule has 2 aromatic carbocycles. The molecule has 2 atom stereocenters. The van der Waals surface area contributed by atoms with Gasteiger partial charge >= 0.3 is 5.97 Å². The standard InChI is InChI=1S/C26H32Cl2N2O3/c1-3-19(21-9-5-7-11-23(21)27)25(31)30-15-13-29(14-16-30)17-18-33-26(32)20(4-2)22-10-6-8-12-24(22)28/h5-12,19-20H,3-4,13-18H2,1-2H3. The Balaban J connectivity index is 1.46. The molecule has 1 aliphatic heterocycles. The van der Waals surface area contributed by atoms with E-state index in [1.165, 1.54) is 0 Å². The van der Waals surface area contributed by atoms with Crippen LogP contribution >= 0.6 is 23.2 Å². The van der Waals surface area contributed by atoms with Gasteiger partial charge in [-0.2, -0.15) is 0 Å². The van der Waals surface area contributed by atoms with Crippen LogP contribution in [-0.2, 0) is 14.3 Å². The lowest BCUT2D eigenvalue weighted by Gasteiger charge is -2.36. The molecule has 1 saturated heterocycles. The van der Waals surface area contributed by atoms with E-state index in [0.717, 1.165) is 24.2 Å². The third-order valence-electron chi connectivity index (χ3n) is 6.30. The van der Waals surface area contributed by atoms with E-state index in [9.17, 15) is 9.59 Å². The molecule has 2 aromatic rings. The predicted molar refractivity (Wildman–Crippen MR) is 133 cm³/mol. The molecule has 0 aromatic heterocycles. The van der Waals surface area contributed by atoms with E-state index in [1.807, 2.05) is 61.2 Å². The van der Waals surface area contributed by atoms with Gasteiger partial charge in [-0.1, -0.05) is 73.4 Å². The summed E-state index contributed by atoms with van der Waals surface area (Å²) in [6.45, 7) is 7.77. The number of amides is 1. The summed E-state index contributed by atoms with van der Waals surface area (Å²) < 4.78 is 5.57. The molecule has 7 heteroatoms. The largest absolute Gasteiger partial charge is 0.464 e. The molecule has 1 amide bonds. The van der Waals surface area contributed by atoms with Gasteiger partial charge in [-0.3, -0.25) is 14.5 Å². The van der Waals surface area contributed by atoms with Crippen molar-refractivity contribution >= 4 is 35.1 Å². The molecule has 33 heavy (non-hydrogen) atoms. The Morgan fingerprint density at radius 1 is 0.848 bits per heavy atom. The van der Waals surface area contributed by atoms with Crippen LogP contribution in [0.15, 0.2) is 48.5 Å². The number of carbonyl (C=O) groups excluding carboxylic acids is 2. The molecule has 3 rings (SSSR count). The lowest BCUT2D eigenvalue weighted by atomic mass is 9.94. The topological polar surface area (TPSA) is 49.9 Å². The molecule has 0 saturated carbocycles. The Hall–Kier alpha value is -2.08. The summed E-state index contributed by atoms with van der Waals surface area (Å²) in [6.07, 6.45) is 1.34. The molecular weight excluding hydrogens is 459 g/mol. The van der Waals surface area contributed by atoms with Crippen LogP contribution in [0.1, 0.15) is 49.7 Å². The van der Waals surface area contributed by atoms with Crippen molar-refractivity contribution < 1.29 is 14.3 Å². The first-order valence-corrected chi connectivity index (χ1v) is 12.4. The first kappa shape index (κ1) is 25.5. The Morgan fingerprint density at radius 2 is 1.36 bits per heavy atom. The zero-order valence-corrected chi connectivity index (χ0v) is 20.8. The zero-order valence-electron chi connectivity index (χ0n) is 19.3. The van der Waals surface area contributed by atoms with Gasteiger partial charge in [-0.25, -0.2) is 0 Å². The zero-order chi connectivity index (χ0) is 23.8. The van der Waals surface area contributed by atoms with E-state index in [2.05, 4.69) is 4.90 Å². The molecule has 0 spiro atoms. The Morgan fingerprint density at radius 3 is 1.88 bits per heavy atom. The minimum Gasteiger partial charge on any atom is -0.464 e. The number of benzene rings is 2. The number of esters is 1. The maximum absolute atomic E-state index is 13.1. The summed E-state index contributed by atoms with van der Waals surface area (Å²) in [5.74, 6) is -0.696. The minimum absolute atomic E-state index is 0.127. The van der Waals surface area contributed by atoms with Gasteiger partial charge in [0.1, 0.15) is 6.61 Å². The van der Waals surface area contributed by atoms with Crippen LogP contribution in [0.4, 0.5) is 0 Å². The summed E-state index contributed by atoms with van der Waals surface area (Å²) in [5, 5.41) is 1.23. The second-order valence-corrected chi connectivity index (χ2v) is 9.11. The SMILES string of the molecule is CCC(C(=O)OCCN1CCN(C(=O)C(CC)c2ccccc2Cl)CC1)c1ccccc1Cl. The Labute approximate surface area is 206 Å². The molecule has 0 N–H and O–H groups in total. The first-order valence-electron chi connectivity index (χ1n) is 11.6. The monoisotopic (exact) mass is 490 g/mol. The number of nitrogens with zero attached hydrogens (tertiary/aromatic N) is 2. The first-order chi connectivity index (χ1) is 16.0. The molecule has 178 valence electrons. The fourth-order valence-corrected chi connectivity index (χ4v) is 4.88. The number of piperazine rings is 1. The van der Waals surface area contributed by atoms with Crippen molar-refractivity contribution in [1.29, 1.82) is 0 Å². The average Bonchev–Trinajstić information content (AvgIpc) is 2.83. The highest BCUT2D eigenvalue weighted by molar-refractivity contribution is 6.32. The van der Waals surface area contributed by atoms with Gasteiger partial charge in [0, 0.05) is 42.8 Å². The third kappa shape index (κ3) is 6.50. The maximum Gasteiger partial charge on any atom is 0.313 e. The van der Waals surface area contributed by atoms with E-state index in [4.69, 9.17) is 27.9 Å². The highest BCUT2D eigenvalue weighted by Crippen LogP contribution is 2.29. The van der Waals surface area contributed by atoms with Gasteiger partial charge < -0.3 is 9.64 Å². The van der Waals surface area contributed by atoms with Crippen molar-refractivity contribution in [3.63, 3.8) is 0 Å². The molecule has 0 aliphatic carbocycles. The summed E-state index contributed by atoms with van der Waals surface area (Å²) in [4.78, 5) is 29.9. The van der Waals surface area contributed by atoms with Gasteiger partial charge in [-0.05, 0) is 36.1 Å². The number of ether oxygens (including phenoxy) is 1. The quantitative estimate of drug-likeness (QED) is 0.443. The van der Waals surface area contributed by atoms with Crippen molar-refractivity contribution in [2.45, 2.75) is 38.5 Å². The molecule has 5 nitrogen and oxygen atoms in total. The molecular formula is C26H32Cl2N2O3. The van der Waals surface area contributed by atoms with Crippen molar-refractivity contribution in [2.75, 3.05) is 39.3 Å².